The van der Waals surface area contributed by atoms with Crippen molar-refractivity contribution in [3.05, 3.63) is 107 Å². The van der Waals surface area contributed by atoms with Crippen LogP contribution in [0.4, 0.5) is 9.18 Å². The van der Waals surface area contributed by atoms with Crippen LogP contribution in [0.3, 0.4) is 0 Å². The average molecular weight is 458 g/mol. The van der Waals surface area contributed by atoms with Gasteiger partial charge in [0.1, 0.15) is 18.8 Å². The second-order valence-electron chi connectivity index (χ2n) is 8.17. The Bertz CT molecular complexity index is 1220. The number of halogens is 1. The van der Waals surface area contributed by atoms with E-state index in [2.05, 4.69) is 5.32 Å². The predicted octanol–water partition coefficient (Wildman–Crippen LogP) is 4.82. The summed E-state index contributed by atoms with van der Waals surface area (Å²) in [5.41, 5.74) is 0.205. The lowest BCUT2D eigenvalue weighted by Gasteiger charge is -2.25. The summed E-state index contributed by atoms with van der Waals surface area (Å²) in [6, 6.07) is 23.2. The number of nitrogens with zero attached hydrogens (tertiary/aromatic N) is 1. The van der Waals surface area contributed by atoms with Gasteiger partial charge in [0.05, 0.1) is 6.04 Å². The number of rotatable bonds is 6. The molecule has 3 aromatic carbocycles. The number of nitriles is 1. The van der Waals surface area contributed by atoms with Crippen LogP contribution >= 0.6 is 0 Å². The van der Waals surface area contributed by atoms with Crippen molar-refractivity contribution in [1.82, 2.24) is 5.32 Å². The zero-order valence-electron chi connectivity index (χ0n) is 18.5. The molecular weight excluding hydrogens is 435 g/mol. The number of alkyl halides is 1. The summed E-state index contributed by atoms with van der Waals surface area (Å²) >= 11 is 0. The molecule has 0 fully saturated rings. The van der Waals surface area contributed by atoms with Crippen molar-refractivity contribution in [2.24, 2.45) is 0 Å². The van der Waals surface area contributed by atoms with Gasteiger partial charge in [-0.15, -0.1) is 0 Å². The van der Waals surface area contributed by atoms with E-state index in [0.29, 0.717) is 0 Å². The van der Waals surface area contributed by atoms with Gasteiger partial charge in [0.2, 0.25) is 0 Å². The number of aryl methyl sites for hydroxylation is 1. The molecule has 0 heterocycles. The first-order valence-corrected chi connectivity index (χ1v) is 10.8. The third-order valence-electron chi connectivity index (χ3n) is 5.81. The second kappa shape index (κ2) is 9.75. The fourth-order valence-electron chi connectivity index (χ4n) is 3.96. The summed E-state index contributed by atoms with van der Waals surface area (Å²) in [5, 5.41) is 12.2. The van der Waals surface area contributed by atoms with Crippen molar-refractivity contribution in [3.63, 3.8) is 0 Å². The van der Waals surface area contributed by atoms with E-state index < -0.39 is 29.9 Å². The quantitative estimate of drug-likeness (QED) is 0.535. The zero-order chi connectivity index (χ0) is 24.1. The maximum absolute atomic E-state index is 15.5. The number of nitrogens with one attached hydrogen (secondary N) is 1. The van der Waals surface area contributed by atoms with E-state index in [-0.39, 0.29) is 18.6 Å². The lowest BCUT2D eigenvalue weighted by molar-refractivity contribution is -0.161. The minimum atomic E-state index is -2.97. The Morgan fingerprint density at radius 3 is 2.44 bits per heavy atom. The topological polar surface area (TPSA) is 88.4 Å². The molecule has 34 heavy (non-hydrogen) atoms. The van der Waals surface area contributed by atoms with Crippen molar-refractivity contribution in [1.29, 1.82) is 5.26 Å². The van der Waals surface area contributed by atoms with Gasteiger partial charge in [0, 0.05) is 12.0 Å². The highest BCUT2D eigenvalue weighted by Crippen LogP contribution is 2.36. The standard InChI is InChI=1S/C27H23FN2O4/c1-18-11-13-21(14-12-18)27(28,17-29)25(31)34-23-15-20-9-5-6-10-22(20)24(23)30-26(32)33-16-19-7-3-2-4-8-19/h2-14,23-24H,15-16H2,1H3,(H,30,32)/t23-,24+,27-/m0/s1. The van der Waals surface area contributed by atoms with Gasteiger partial charge in [0.25, 0.3) is 0 Å². The summed E-state index contributed by atoms with van der Waals surface area (Å²) in [7, 11) is 0. The van der Waals surface area contributed by atoms with E-state index >= 15 is 4.39 Å². The number of hydrogen-bond acceptors (Lipinski definition) is 5. The normalized spacial score (nSPS) is 18.1. The fourth-order valence-corrected chi connectivity index (χ4v) is 3.96. The molecule has 1 amide bonds. The molecule has 3 atom stereocenters. The van der Waals surface area contributed by atoms with E-state index in [1.807, 2.05) is 49.4 Å². The molecule has 0 bridgehead atoms. The molecule has 7 heteroatoms. The highest BCUT2D eigenvalue weighted by atomic mass is 19.1. The minimum absolute atomic E-state index is 0.0704. The fraction of sp³-hybridized carbons (Fsp3) is 0.222. The third-order valence-corrected chi connectivity index (χ3v) is 5.81. The van der Waals surface area contributed by atoms with E-state index in [1.54, 1.807) is 24.3 Å². The van der Waals surface area contributed by atoms with Crippen molar-refractivity contribution >= 4 is 12.1 Å². The molecule has 1 N–H and O–H groups in total. The van der Waals surface area contributed by atoms with Gasteiger partial charge in [-0.05, 0) is 23.6 Å². The molecule has 3 aromatic rings. The molecule has 0 unspecified atom stereocenters. The molecule has 4 rings (SSSR count). The van der Waals surface area contributed by atoms with E-state index in [9.17, 15) is 14.9 Å². The molecule has 0 spiro atoms. The highest BCUT2D eigenvalue weighted by Gasteiger charge is 2.46. The van der Waals surface area contributed by atoms with Crippen LogP contribution in [0.2, 0.25) is 0 Å². The number of esters is 1. The van der Waals surface area contributed by atoms with Crippen molar-refractivity contribution in [3.8, 4) is 6.07 Å². The van der Waals surface area contributed by atoms with Crippen LogP contribution in [0, 0.1) is 18.3 Å². The van der Waals surface area contributed by atoms with Crippen molar-refractivity contribution in [2.75, 3.05) is 0 Å². The minimum Gasteiger partial charge on any atom is -0.456 e. The van der Waals surface area contributed by atoms with E-state index in [4.69, 9.17) is 9.47 Å². The monoisotopic (exact) mass is 458 g/mol. The number of fused-ring (bicyclic) bond motifs is 1. The van der Waals surface area contributed by atoms with Gasteiger partial charge in [-0.1, -0.05) is 84.4 Å². The van der Waals surface area contributed by atoms with E-state index in [1.165, 1.54) is 18.2 Å². The van der Waals surface area contributed by atoms with Gasteiger partial charge in [-0.25, -0.2) is 14.0 Å². The number of carbonyl (C=O) groups is 2. The molecule has 1 aliphatic carbocycles. The maximum Gasteiger partial charge on any atom is 0.408 e. The lowest BCUT2D eigenvalue weighted by atomic mass is 9.96. The van der Waals surface area contributed by atoms with Crippen LogP contribution in [0.25, 0.3) is 0 Å². The zero-order valence-corrected chi connectivity index (χ0v) is 18.5. The van der Waals surface area contributed by atoms with Crippen LogP contribution in [-0.4, -0.2) is 18.2 Å². The number of amides is 1. The van der Waals surface area contributed by atoms with Gasteiger partial charge in [-0.3, -0.25) is 0 Å². The van der Waals surface area contributed by atoms with Crippen molar-refractivity contribution < 1.29 is 23.5 Å². The molecule has 0 saturated heterocycles. The third kappa shape index (κ3) is 4.76. The number of hydrogen-bond donors (Lipinski definition) is 1. The molecular formula is C27H23FN2O4. The van der Waals surface area contributed by atoms with Crippen molar-refractivity contribution in [2.45, 2.75) is 37.8 Å². The Morgan fingerprint density at radius 1 is 1.06 bits per heavy atom. The van der Waals surface area contributed by atoms with Gasteiger partial charge >= 0.3 is 17.7 Å². The summed E-state index contributed by atoms with van der Waals surface area (Å²) in [6.07, 6.45) is -1.33. The summed E-state index contributed by atoms with van der Waals surface area (Å²) in [5.74, 6) is -1.32. The summed E-state index contributed by atoms with van der Waals surface area (Å²) < 4.78 is 26.3. The number of alkyl carbamates (subject to hydrolysis) is 1. The number of ether oxygens (including phenoxy) is 2. The van der Waals surface area contributed by atoms with E-state index in [0.717, 1.165) is 22.3 Å². The molecule has 6 nitrogen and oxygen atoms in total. The number of carbonyl (C=O) groups excluding carboxylic acids is 2. The molecule has 0 radical (unpaired) electrons. The highest BCUT2D eigenvalue weighted by molar-refractivity contribution is 5.85. The molecule has 0 saturated carbocycles. The average Bonchev–Trinajstić information content (AvgIpc) is 3.20. The smallest absolute Gasteiger partial charge is 0.408 e. The molecule has 0 aliphatic heterocycles. The Hall–Kier alpha value is -4.18. The lowest BCUT2D eigenvalue weighted by Crippen LogP contribution is -2.40. The number of benzene rings is 3. The summed E-state index contributed by atoms with van der Waals surface area (Å²) in [6.45, 7) is 1.89. The van der Waals surface area contributed by atoms with Crippen LogP contribution in [0.5, 0.6) is 0 Å². The van der Waals surface area contributed by atoms with Gasteiger partial charge in [-0.2, -0.15) is 5.26 Å². The molecule has 1 aliphatic rings. The van der Waals surface area contributed by atoms with Gasteiger partial charge < -0.3 is 14.8 Å². The predicted molar refractivity (Wildman–Crippen MR) is 122 cm³/mol. The Labute approximate surface area is 196 Å². The van der Waals surface area contributed by atoms with Crippen LogP contribution in [0.1, 0.15) is 33.9 Å². The SMILES string of the molecule is Cc1ccc([C@@](F)(C#N)C(=O)O[C@H]2Cc3ccccc3[C@H]2NC(=O)OCc2ccccc2)cc1. The maximum atomic E-state index is 15.5. The first-order chi connectivity index (χ1) is 16.4. The first kappa shape index (κ1) is 23.0. The summed E-state index contributed by atoms with van der Waals surface area (Å²) in [4.78, 5) is 25.4. The largest absolute Gasteiger partial charge is 0.456 e. The first-order valence-electron chi connectivity index (χ1n) is 10.8. The Morgan fingerprint density at radius 2 is 1.74 bits per heavy atom. The Balaban J connectivity index is 1.50. The Kier molecular flexibility index (Phi) is 6.60. The molecule has 172 valence electrons. The second-order valence-corrected chi connectivity index (χ2v) is 8.17. The van der Waals surface area contributed by atoms with Crippen LogP contribution < -0.4 is 5.32 Å². The van der Waals surface area contributed by atoms with Gasteiger partial charge in [0.15, 0.2) is 0 Å². The molecule has 0 aromatic heterocycles. The van der Waals surface area contributed by atoms with Crippen LogP contribution in [-0.2, 0) is 33.0 Å². The van der Waals surface area contributed by atoms with Crippen LogP contribution in [0.15, 0.2) is 78.9 Å².